The van der Waals surface area contributed by atoms with Crippen LogP contribution < -0.4 is 0 Å². The summed E-state index contributed by atoms with van der Waals surface area (Å²) in [4.78, 5) is 29.5. The molecule has 0 unspecified atom stereocenters. The van der Waals surface area contributed by atoms with E-state index in [2.05, 4.69) is 4.98 Å². The van der Waals surface area contributed by atoms with Crippen LogP contribution in [-0.4, -0.2) is 42.0 Å². The van der Waals surface area contributed by atoms with E-state index in [1.165, 1.54) is 17.9 Å². The Morgan fingerprint density at radius 3 is 2.62 bits per heavy atom. The van der Waals surface area contributed by atoms with Gasteiger partial charge in [-0.15, -0.1) is 0 Å². The van der Waals surface area contributed by atoms with Crippen LogP contribution in [0.15, 0.2) is 30.3 Å². The molecular weight excluding hydrogens is 292 g/mol. The average Bonchev–Trinajstić information content (AvgIpc) is 2.45. The molecule has 0 radical (unpaired) electrons. The van der Waals surface area contributed by atoms with Crippen molar-refractivity contribution in [3.05, 3.63) is 41.0 Å². The van der Waals surface area contributed by atoms with Gasteiger partial charge < -0.3 is 9.64 Å². The van der Waals surface area contributed by atoms with Gasteiger partial charge >= 0.3 is 5.97 Å². The van der Waals surface area contributed by atoms with Crippen molar-refractivity contribution in [2.45, 2.75) is 13.0 Å². The highest BCUT2D eigenvalue weighted by atomic mass is 35.5. The molecule has 0 fully saturated rings. The smallest absolute Gasteiger partial charge is 0.339 e. The Bertz CT molecular complexity index is 700. The van der Waals surface area contributed by atoms with E-state index in [-0.39, 0.29) is 11.1 Å². The SMILES string of the molecule is C[C@H](OC(=O)c1cc(Cl)nc2ccccc12)C(=O)N(C)C. The fourth-order valence-electron chi connectivity index (χ4n) is 1.95. The van der Waals surface area contributed by atoms with Crippen molar-refractivity contribution in [1.82, 2.24) is 9.88 Å². The molecular formula is C15H15ClN2O3. The Kier molecular flexibility index (Phi) is 4.43. The van der Waals surface area contributed by atoms with E-state index >= 15 is 0 Å². The number of likely N-dealkylation sites (N-methyl/N-ethyl adjacent to an activating group) is 1. The molecule has 21 heavy (non-hydrogen) atoms. The van der Waals surface area contributed by atoms with Gasteiger partial charge in [-0.25, -0.2) is 9.78 Å². The summed E-state index contributed by atoms with van der Waals surface area (Å²) in [6, 6.07) is 8.56. The summed E-state index contributed by atoms with van der Waals surface area (Å²) in [6.07, 6.45) is -0.863. The highest BCUT2D eigenvalue weighted by molar-refractivity contribution is 6.30. The molecule has 0 aliphatic heterocycles. The van der Waals surface area contributed by atoms with Crippen molar-refractivity contribution < 1.29 is 14.3 Å². The van der Waals surface area contributed by atoms with E-state index in [0.29, 0.717) is 16.5 Å². The third-order valence-electron chi connectivity index (χ3n) is 2.98. The molecule has 5 nitrogen and oxygen atoms in total. The van der Waals surface area contributed by atoms with E-state index in [9.17, 15) is 9.59 Å². The third kappa shape index (κ3) is 3.31. The zero-order valence-corrected chi connectivity index (χ0v) is 12.7. The molecule has 6 heteroatoms. The molecule has 0 bridgehead atoms. The fraction of sp³-hybridized carbons (Fsp3) is 0.267. The van der Waals surface area contributed by atoms with Crippen molar-refractivity contribution >= 4 is 34.4 Å². The summed E-state index contributed by atoms with van der Waals surface area (Å²) in [5.41, 5.74) is 0.896. The molecule has 0 spiro atoms. The average molecular weight is 307 g/mol. The first kappa shape index (κ1) is 15.3. The number of esters is 1. The van der Waals surface area contributed by atoms with Crippen LogP contribution in [-0.2, 0) is 9.53 Å². The number of fused-ring (bicyclic) bond motifs is 1. The second-order valence-electron chi connectivity index (χ2n) is 4.79. The summed E-state index contributed by atoms with van der Waals surface area (Å²) in [7, 11) is 3.21. The molecule has 1 atom stereocenters. The Morgan fingerprint density at radius 2 is 1.95 bits per heavy atom. The van der Waals surface area contributed by atoms with Gasteiger partial charge in [0.05, 0.1) is 11.1 Å². The first-order chi connectivity index (χ1) is 9.90. The highest BCUT2D eigenvalue weighted by Crippen LogP contribution is 2.22. The number of carbonyl (C=O) groups excluding carboxylic acids is 2. The summed E-state index contributed by atoms with van der Waals surface area (Å²) < 4.78 is 5.21. The second kappa shape index (κ2) is 6.10. The van der Waals surface area contributed by atoms with Crippen LogP contribution in [0.5, 0.6) is 0 Å². The molecule has 0 aliphatic carbocycles. The van der Waals surface area contributed by atoms with Gasteiger partial charge in [-0.2, -0.15) is 0 Å². The minimum atomic E-state index is -0.863. The highest BCUT2D eigenvalue weighted by Gasteiger charge is 2.22. The van der Waals surface area contributed by atoms with Crippen molar-refractivity contribution in [1.29, 1.82) is 0 Å². The molecule has 0 saturated heterocycles. The Labute approximate surface area is 127 Å². The summed E-state index contributed by atoms with van der Waals surface area (Å²) in [6.45, 7) is 1.53. The minimum absolute atomic E-state index is 0.201. The maximum absolute atomic E-state index is 12.3. The lowest BCUT2D eigenvalue weighted by Gasteiger charge is -2.17. The van der Waals surface area contributed by atoms with Crippen LogP contribution in [0.1, 0.15) is 17.3 Å². The molecule has 0 aliphatic rings. The number of amides is 1. The fourth-order valence-corrected chi connectivity index (χ4v) is 2.15. The lowest BCUT2D eigenvalue weighted by atomic mass is 10.1. The zero-order chi connectivity index (χ0) is 15.6. The third-order valence-corrected chi connectivity index (χ3v) is 3.17. The molecule has 0 saturated carbocycles. The number of carbonyl (C=O) groups is 2. The topological polar surface area (TPSA) is 59.5 Å². The molecule has 2 rings (SSSR count). The molecule has 1 aromatic carbocycles. The number of nitrogens with zero attached hydrogens (tertiary/aromatic N) is 2. The van der Waals surface area contributed by atoms with E-state index in [0.717, 1.165) is 0 Å². The van der Waals surface area contributed by atoms with Gasteiger partial charge in [-0.05, 0) is 19.1 Å². The lowest BCUT2D eigenvalue weighted by molar-refractivity contribution is -0.137. The Morgan fingerprint density at radius 1 is 1.29 bits per heavy atom. The van der Waals surface area contributed by atoms with Gasteiger partial charge in [0.15, 0.2) is 6.10 Å². The van der Waals surface area contributed by atoms with Gasteiger partial charge in [0, 0.05) is 19.5 Å². The number of para-hydroxylation sites is 1. The number of rotatable bonds is 3. The molecule has 1 aromatic heterocycles. The van der Waals surface area contributed by atoms with Crippen molar-refractivity contribution in [3.63, 3.8) is 0 Å². The van der Waals surface area contributed by atoms with Crippen LogP contribution in [0.4, 0.5) is 0 Å². The maximum Gasteiger partial charge on any atom is 0.339 e. The number of aromatic nitrogens is 1. The number of ether oxygens (including phenoxy) is 1. The van der Waals surface area contributed by atoms with Gasteiger partial charge in [-0.1, -0.05) is 29.8 Å². The number of hydrogen-bond acceptors (Lipinski definition) is 4. The van der Waals surface area contributed by atoms with E-state index in [1.54, 1.807) is 38.4 Å². The largest absolute Gasteiger partial charge is 0.449 e. The van der Waals surface area contributed by atoms with E-state index in [1.807, 2.05) is 0 Å². The van der Waals surface area contributed by atoms with Crippen LogP contribution in [0, 0.1) is 0 Å². The molecule has 1 amide bonds. The second-order valence-corrected chi connectivity index (χ2v) is 5.18. The molecule has 110 valence electrons. The van der Waals surface area contributed by atoms with Gasteiger partial charge in [-0.3, -0.25) is 4.79 Å². The van der Waals surface area contributed by atoms with Gasteiger partial charge in [0.25, 0.3) is 5.91 Å². The molecule has 1 heterocycles. The van der Waals surface area contributed by atoms with Crippen LogP contribution in [0.3, 0.4) is 0 Å². The predicted octanol–water partition coefficient (Wildman–Crippen LogP) is 2.52. The lowest BCUT2D eigenvalue weighted by Crippen LogP contribution is -2.34. The van der Waals surface area contributed by atoms with Crippen LogP contribution >= 0.6 is 11.6 Å². The quantitative estimate of drug-likeness (QED) is 0.646. The number of pyridine rings is 1. The van der Waals surface area contributed by atoms with Gasteiger partial charge in [0.1, 0.15) is 5.15 Å². The van der Waals surface area contributed by atoms with Crippen molar-refractivity contribution in [2.24, 2.45) is 0 Å². The Hall–Kier alpha value is -2.14. The van der Waals surface area contributed by atoms with Crippen molar-refractivity contribution in [2.75, 3.05) is 14.1 Å². The first-order valence-electron chi connectivity index (χ1n) is 6.37. The Balaban J connectivity index is 2.34. The standard InChI is InChI=1S/C15H15ClN2O3/c1-9(14(19)18(2)3)21-15(20)11-8-13(16)17-12-7-5-4-6-10(11)12/h4-9H,1-3H3/t9-/m0/s1. The monoisotopic (exact) mass is 306 g/mol. The number of hydrogen-bond donors (Lipinski definition) is 0. The summed E-state index contributed by atoms with van der Waals surface area (Å²) >= 11 is 5.92. The molecule has 0 N–H and O–H groups in total. The van der Waals surface area contributed by atoms with Crippen molar-refractivity contribution in [3.8, 4) is 0 Å². The predicted molar refractivity (Wildman–Crippen MR) is 80.3 cm³/mol. The summed E-state index contributed by atoms with van der Waals surface area (Å²) in [5.74, 6) is -0.883. The van der Waals surface area contributed by atoms with Gasteiger partial charge in [0.2, 0.25) is 0 Å². The first-order valence-corrected chi connectivity index (χ1v) is 6.75. The van der Waals surface area contributed by atoms with Crippen LogP contribution in [0.25, 0.3) is 10.9 Å². The normalized spacial score (nSPS) is 12.0. The maximum atomic E-state index is 12.3. The number of halogens is 1. The summed E-state index contributed by atoms with van der Waals surface area (Å²) in [5, 5.41) is 0.837. The number of benzene rings is 1. The zero-order valence-electron chi connectivity index (χ0n) is 12.0. The van der Waals surface area contributed by atoms with E-state index < -0.39 is 12.1 Å². The molecule has 2 aromatic rings. The van der Waals surface area contributed by atoms with E-state index in [4.69, 9.17) is 16.3 Å². The minimum Gasteiger partial charge on any atom is -0.449 e. The van der Waals surface area contributed by atoms with Crippen LogP contribution in [0.2, 0.25) is 5.15 Å².